The standard InChI is InChI=1S/C19H17F2NO4/c1-25-18(24)15-8-6-13(7-9-15)12-22-17(23)11-10-14-4-2-3-5-16(14)26-19(20)21/h2-11,19H,12H2,1H3,(H,22,23)/b11-10+. The molecular weight excluding hydrogens is 344 g/mol. The molecule has 0 aliphatic rings. The van der Waals surface area contributed by atoms with Crippen LogP contribution in [0.1, 0.15) is 21.5 Å². The van der Waals surface area contributed by atoms with Gasteiger partial charge in [-0.3, -0.25) is 4.79 Å². The van der Waals surface area contributed by atoms with E-state index in [1.165, 1.54) is 25.3 Å². The number of carbonyl (C=O) groups excluding carboxylic acids is 2. The van der Waals surface area contributed by atoms with Crippen LogP contribution in [0.15, 0.2) is 54.6 Å². The summed E-state index contributed by atoms with van der Waals surface area (Å²) in [6.07, 6.45) is 2.63. The van der Waals surface area contributed by atoms with Gasteiger partial charge in [-0.2, -0.15) is 8.78 Å². The third kappa shape index (κ3) is 5.70. The minimum Gasteiger partial charge on any atom is -0.465 e. The summed E-state index contributed by atoms with van der Waals surface area (Å²) in [5.41, 5.74) is 1.57. The number of rotatable bonds is 7. The Morgan fingerprint density at radius 2 is 1.81 bits per heavy atom. The number of alkyl halides is 2. The molecule has 1 amide bonds. The Kier molecular flexibility index (Phi) is 6.84. The molecule has 0 spiro atoms. The summed E-state index contributed by atoms with van der Waals surface area (Å²) >= 11 is 0. The summed E-state index contributed by atoms with van der Waals surface area (Å²) in [4.78, 5) is 23.2. The van der Waals surface area contributed by atoms with Crippen molar-refractivity contribution in [2.45, 2.75) is 13.2 Å². The van der Waals surface area contributed by atoms with Crippen molar-refractivity contribution >= 4 is 18.0 Å². The molecule has 0 aromatic heterocycles. The first-order valence-corrected chi connectivity index (χ1v) is 7.66. The SMILES string of the molecule is COC(=O)c1ccc(CNC(=O)/C=C/c2ccccc2OC(F)F)cc1. The lowest BCUT2D eigenvalue weighted by Gasteiger charge is -2.07. The van der Waals surface area contributed by atoms with Crippen molar-refractivity contribution in [3.63, 3.8) is 0 Å². The van der Waals surface area contributed by atoms with Crippen LogP contribution in [0.2, 0.25) is 0 Å². The maximum absolute atomic E-state index is 12.4. The Morgan fingerprint density at radius 3 is 2.46 bits per heavy atom. The topological polar surface area (TPSA) is 64.6 Å². The van der Waals surface area contributed by atoms with Crippen LogP contribution in [-0.2, 0) is 16.1 Å². The molecule has 2 rings (SSSR count). The number of carbonyl (C=O) groups is 2. The molecule has 0 unspecified atom stereocenters. The molecule has 0 fully saturated rings. The van der Waals surface area contributed by atoms with Gasteiger partial charge in [-0.25, -0.2) is 4.79 Å². The van der Waals surface area contributed by atoms with Gasteiger partial charge in [-0.15, -0.1) is 0 Å². The highest BCUT2D eigenvalue weighted by molar-refractivity contribution is 5.92. The van der Waals surface area contributed by atoms with Gasteiger partial charge in [-0.1, -0.05) is 30.3 Å². The monoisotopic (exact) mass is 361 g/mol. The highest BCUT2D eigenvalue weighted by Crippen LogP contribution is 2.21. The van der Waals surface area contributed by atoms with Crippen LogP contribution in [0.5, 0.6) is 5.75 Å². The molecule has 7 heteroatoms. The third-order valence-corrected chi connectivity index (χ3v) is 3.39. The lowest BCUT2D eigenvalue weighted by atomic mass is 10.1. The Labute approximate surface area is 149 Å². The fourth-order valence-corrected chi connectivity index (χ4v) is 2.11. The van der Waals surface area contributed by atoms with E-state index in [0.29, 0.717) is 11.1 Å². The molecular formula is C19H17F2NO4. The lowest BCUT2D eigenvalue weighted by molar-refractivity contribution is -0.116. The predicted octanol–water partition coefficient (Wildman–Crippen LogP) is 3.40. The van der Waals surface area contributed by atoms with E-state index < -0.39 is 18.5 Å². The van der Waals surface area contributed by atoms with E-state index in [2.05, 4.69) is 14.8 Å². The molecule has 26 heavy (non-hydrogen) atoms. The second-order valence-electron chi connectivity index (χ2n) is 5.16. The van der Waals surface area contributed by atoms with Crippen molar-refractivity contribution in [2.24, 2.45) is 0 Å². The first-order valence-electron chi connectivity index (χ1n) is 7.66. The van der Waals surface area contributed by atoms with Gasteiger partial charge in [0, 0.05) is 18.2 Å². The fraction of sp³-hybridized carbons (Fsp3) is 0.158. The van der Waals surface area contributed by atoms with Crippen LogP contribution in [0.3, 0.4) is 0 Å². The van der Waals surface area contributed by atoms with Crippen molar-refractivity contribution in [1.82, 2.24) is 5.32 Å². The zero-order chi connectivity index (χ0) is 18.9. The number of amides is 1. The van der Waals surface area contributed by atoms with Crippen LogP contribution in [0.25, 0.3) is 6.08 Å². The molecule has 1 N–H and O–H groups in total. The minimum atomic E-state index is -2.94. The van der Waals surface area contributed by atoms with E-state index in [1.807, 2.05) is 0 Å². The Hall–Kier alpha value is -3.22. The number of methoxy groups -OCH3 is 1. The first-order chi connectivity index (χ1) is 12.5. The van der Waals surface area contributed by atoms with Crippen molar-refractivity contribution in [3.8, 4) is 5.75 Å². The summed E-state index contributed by atoms with van der Waals surface area (Å²) in [6.45, 7) is -2.69. The van der Waals surface area contributed by atoms with Crippen LogP contribution >= 0.6 is 0 Å². The summed E-state index contributed by atoms with van der Waals surface area (Å²) in [5, 5.41) is 2.66. The van der Waals surface area contributed by atoms with Crippen LogP contribution in [-0.4, -0.2) is 25.6 Å². The van der Waals surface area contributed by atoms with Gasteiger partial charge in [-0.05, 0) is 29.8 Å². The average Bonchev–Trinajstić information content (AvgIpc) is 2.65. The van der Waals surface area contributed by atoms with E-state index in [4.69, 9.17) is 0 Å². The molecule has 0 aliphatic carbocycles. The number of hydrogen-bond acceptors (Lipinski definition) is 4. The van der Waals surface area contributed by atoms with Gasteiger partial charge in [0.2, 0.25) is 5.91 Å². The largest absolute Gasteiger partial charge is 0.465 e. The van der Waals surface area contributed by atoms with Crippen molar-refractivity contribution in [1.29, 1.82) is 0 Å². The van der Waals surface area contributed by atoms with Gasteiger partial charge in [0.15, 0.2) is 0 Å². The maximum Gasteiger partial charge on any atom is 0.387 e. The van der Waals surface area contributed by atoms with Crippen LogP contribution in [0, 0.1) is 0 Å². The molecule has 0 saturated carbocycles. The molecule has 0 atom stereocenters. The molecule has 0 aliphatic heterocycles. The van der Waals surface area contributed by atoms with Gasteiger partial charge < -0.3 is 14.8 Å². The quantitative estimate of drug-likeness (QED) is 0.606. The van der Waals surface area contributed by atoms with Gasteiger partial charge in [0.05, 0.1) is 12.7 Å². The zero-order valence-corrected chi connectivity index (χ0v) is 13.9. The molecule has 0 bridgehead atoms. The Morgan fingerprint density at radius 1 is 1.12 bits per heavy atom. The van der Waals surface area contributed by atoms with Gasteiger partial charge in [0.1, 0.15) is 5.75 Å². The summed E-state index contributed by atoms with van der Waals surface area (Å²) < 4.78 is 33.7. The summed E-state index contributed by atoms with van der Waals surface area (Å²) in [6, 6.07) is 12.8. The molecule has 0 radical (unpaired) electrons. The van der Waals surface area contributed by atoms with E-state index in [-0.39, 0.29) is 12.3 Å². The minimum absolute atomic E-state index is 0.00931. The van der Waals surface area contributed by atoms with Crippen molar-refractivity contribution in [3.05, 3.63) is 71.3 Å². The highest BCUT2D eigenvalue weighted by Gasteiger charge is 2.08. The summed E-state index contributed by atoms with van der Waals surface area (Å²) in [7, 11) is 1.30. The first kappa shape index (κ1) is 19.1. The molecule has 0 heterocycles. The van der Waals surface area contributed by atoms with Gasteiger partial charge >= 0.3 is 12.6 Å². The number of benzene rings is 2. The predicted molar refractivity (Wildman–Crippen MR) is 91.7 cm³/mol. The zero-order valence-electron chi connectivity index (χ0n) is 13.9. The smallest absolute Gasteiger partial charge is 0.387 e. The fourth-order valence-electron chi connectivity index (χ4n) is 2.11. The number of halogens is 2. The van der Waals surface area contributed by atoms with Crippen molar-refractivity contribution in [2.75, 3.05) is 7.11 Å². The van der Waals surface area contributed by atoms with Crippen LogP contribution < -0.4 is 10.1 Å². The van der Waals surface area contributed by atoms with Gasteiger partial charge in [0.25, 0.3) is 0 Å². The third-order valence-electron chi connectivity index (χ3n) is 3.39. The lowest BCUT2D eigenvalue weighted by Crippen LogP contribution is -2.20. The molecule has 136 valence electrons. The molecule has 2 aromatic rings. The Balaban J connectivity index is 1.93. The van der Waals surface area contributed by atoms with E-state index in [9.17, 15) is 18.4 Å². The summed E-state index contributed by atoms with van der Waals surface area (Å²) in [5.74, 6) is -0.841. The highest BCUT2D eigenvalue weighted by atomic mass is 19.3. The number of ether oxygens (including phenoxy) is 2. The van der Waals surface area contributed by atoms with E-state index in [1.54, 1.807) is 42.5 Å². The second kappa shape index (κ2) is 9.31. The molecule has 2 aromatic carbocycles. The average molecular weight is 361 g/mol. The maximum atomic E-state index is 12.4. The number of esters is 1. The van der Waals surface area contributed by atoms with Crippen LogP contribution in [0.4, 0.5) is 8.78 Å². The number of nitrogens with one attached hydrogen (secondary N) is 1. The normalized spacial score (nSPS) is 10.8. The van der Waals surface area contributed by atoms with Crippen molar-refractivity contribution < 1.29 is 27.8 Å². The van der Waals surface area contributed by atoms with E-state index >= 15 is 0 Å². The molecule has 0 saturated heterocycles. The number of para-hydroxylation sites is 1. The van der Waals surface area contributed by atoms with E-state index in [0.717, 1.165) is 5.56 Å². The second-order valence-corrected chi connectivity index (χ2v) is 5.16. The number of hydrogen-bond donors (Lipinski definition) is 1. The Bertz CT molecular complexity index is 788. The molecule has 5 nitrogen and oxygen atoms in total.